The molecule has 2 rings (SSSR count). The van der Waals surface area contributed by atoms with Gasteiger partial charge in [-0.3, -0.25) is 4.79 Å². The van der Waals surface area contributed by atoms with Crippen LogP contribution in [-0.2, 0) is 0 Å². The summed E-state index contributed by atoms with van der Waals surface area (Å²) in [5.74, 6) is -0.428. The third kappa shape index (κ3) is 4.03. The Kier molecular flexibility index (Phi) is 5.44. The quantitative estimate of drug-likeness (QED) is 0.757. The molecule has 1 atom stereocenters. The van der Waals surface area contributed by atoms with Crippen molar-refractivity contribution in [2.75, 3.05) is 6.54 Å². The Morgan fingerprint density at radius 2 is 1.88 bits per heavy atom. The lowest BCUT2D eigenvalue weighted by molar-refractivity contribution is 0.0138. The van der Waals surface area contributed by atoms with Gasteiger partial charge in [0, 0.05) is 29.9 Å². The fraction of sp³-hybridized carbons (Fsp3) is 0.421. The molecule has 0 saturated heterocycles. The van der Waals surface area contributed by atoms with E-state index in [1.165, 1.54) is 12.1 Å². The van der Waals surface area contributed by atoms with Crippen LogP contribution in [-0.4, -0.2) is 28.6 Å². The van der Waals surface area contributed by atoms with Gasteiger partial charge in [-0.05, 0) is 23.6 Å². The maximum absolute atomic E-state index is 13.1. The van der Waals surface area contributed by atoms with E-state index in [1.54, 1.807) is 24.5 Å². The molecule has 24 heavy (non-hydrogen) atoms. The Morgan fingerprint density at radius 1 is 1.25 bits per heavy atom. The van der Waals surface area contributed by atoms with E-state index < -0.39 is 11.5 Å². The summed E-state index contributed by atoms with van der Waals surface area (Å²) in [6.07, 6.45) is 2.83. The summed E-state index contributed by atoms with van der Waals surface area (Å²) in [5.41, 5.74) is 1.55. The molecule has 0 bridgehead atoms. The number of amides is 1. The van der Waals surface area contributed by atoms with Crippen molar-refractivity contribution in [3.05, 3.63) is 48.0 Å². The summed E-state index contributed by atoms with van der Waals surface area (Å²) < 4.78 is 13.1. The highest BCUT2D eigenvalue weighted by Gasteiger charge is 2.30. The van der Waals surface area contributed by atoms with E-state index >= 15 is 0 Å². The van der Waals surface area contributed by atoms with E-state index in [0.717, 1.165) is 11.1 Å². The lowest BCUT2D eigenvalue weighted by atomic mass is 9.80. The third-order valence-corrected chi connectivity index (χ3v) is 4.28. The van der Waals surface area contributed by atoms with Gasteiger partial charge in [-0.1, -0.05) is 39.8 Å². The molecule has 1 aromatic heterocycles. The number of nitrogens with one attached hydrogen (secondary N) is 2. The number of hydrogen-bond donors (Lipinski definition) is 3. The molecular weight excluding hydrogens is 307 g/mol. The zero-order valence-corrected chi connectivity index (χ0v) is 14.6. The number of aromatic nitrogens is 1. The minimum absolute atomic E-state index is 0.110. The third-order valence-electron chi connectivity index (χ3n) is 4.28. The van der Waals surface area contributed by atoms with E-state index in [4.69, 9.17) is 0 Å². The van der Waals surface area contributed by atoms with Gasteiger partial charge in [-0.25, -0.2) is 4.39 Å². The van der Waals surface area contributed by atoms with Crippen LogP contribution in [0.25, 0.3) is 11.1 Å². The Labute approximate surface area is 142 Å². The number of halogens is 1. The van der Waals surface area contributed by atoms with Crippen LogP contribution >= 0.6 is 0 Å². The first-order valence-corrected chi connectivity index (χ1v) is 8.11. The number of carbonyl (C=O) groups is 1. The fourth-order valence-electron chi connectivity index (χ4n) is 2.83. The molecule has 0 saturated carbocycles. The van der Waals surface area contributed by atoms with Crippen molar-refractivity contribution in [3.63, 3.8) is 0 Å². The van der Waals surface area contributed by atoms with E-state index in [1.807, 2.05) is 27.7 Å². The predicted molar refractivity (Wildman–Crippen MR) is 93.1 cm³/mol. The summed E-state index contributed by atoms with van der Waals surface area (Å²) >= 11 is 0. The summed E-state index contributed by atoms with van der Waals surface area (Å²) in [6.45, 7) is 8.12. The van der Waals surface area contributed by atoms with Gasteiger partial charge in [-0.2, -0.15) is 0 Å². The summed E-state index contributed by atoms with van der Waals surface area (Å²) in [6, 6.07) is 6.02. The SMILES string of the molecule is CC(C)C(O)C(C)(C)CNC(=O)c1c[nH]cc1-c1ccc(F)cc1. The van der Waals surface area contributed by atoms with E-state index in [0.29, 0.717) is 12.1 Å². The fourth-order valence-corrected chi connectivity index (χ4v) is 2.83. The molecule has 1 aromatic carbocycles. The van der Waals surface area contributed by atoms with Gasteiger partial charge in [-0.15, -0.1) is 0 Å². The van der Waals surface area contributed by atoms with Crippen molar-refractivity contribution in [2.24, 2.45) is 11.3 Å². The number of aliphatic hydroxyl groups excluding tert-OH is 1. The molecule has 2 aromatic rings. The first kappa shape index (κ1) is 18.2. The van der Waals surface area contributed by atoms with Crippen molar-refractivity contribution in [3.8, 4) is 11.1 Å². The zero-order valence-electron chi connectivity index (χ0n) is 14.6. The summed E-state index contributed by atoms with van der Waals surface area (Å²) in [4.78, 5) is 15.4. The number of hydrogen-bond acceptors (Lipinski definition) is 2. The molecule has 5 heteroatoms. The van der Waals surface area contributed by atoms with Gasteiger partial charge in [0.25, 0.3) is 5.91 Å². The Balaban J connectivity index is 2.12. The summed E-state index contributed by atoms with van der Waals surface area (Å²) in [7, 11) is 0. The molecule has 0 spiro atoms. The average Bonchev–Trinajstić information content (AvgIpc) is 3.02. The molecule has 0 aliphatic heterocycles. The van der Waals surface area contributed by atoms with Gasteiger partial charge in [0.05, 0.1) is 11.7 Å². The Hall–Kier alpha value is -2.14. The largest absolute Gasteiger partial charge is 0.392 e. The zero-order chi connectivity index (χ0) is 17.9. The maximum Gasteiger partial charge on any atom is 0.253 e. The molecule has 130 valence electrons. The van der Waals surface area contributed by atoms with Crippen LogP contribution in [0.3, 0.4) is 0 Å². The van der Waals surface area contributed by atoms with Gasteiger partial charge >= 0.3 is 0 Å². The highest BCUT2D eigenvalue weighted by atomic mass is 19.1. The van der Waals surface area contributed by atoms with E-state index in [-0.39, 0.29) is 17.6 Å². The number of carbonyl (C=O) groups excluding carboxylic acids is 1. The second-order valence-electron chi connectivity index (χ2n) is 7.15. The Morgan fingerprint density at radius 3 is 2.46 bits per heavy atom. The second kappa shape index (κ2) is 7.18. The molecule has 4 nitrogen and oxygen atoms in total. The molecule has 1 amide bonds. The number of benzene rings is 1. The highest BCUT2D eigenvalue weighted by molar-refractivity contribution is 6.00. The second-order valence-corrected chi connectivity index (χ2v) is 7.15. The predicted octanol–water partition coefficient (Wildman–Crippen LogP) is 3.59. The maximum atomic E-state index is 13.1. The molecule has 1 unspecified atom stereocenters. The average molecular weight is 332 g/mol. The van der Waals surface area contributed by atoms with Crippen LogP contribution in [0.15, 0.2) is 36.7 Å². The monoisotopic (exact) mass is 332 g/mol. The van der Waals surface area contributed by atoms with Crippen LogP contribution in [0, 0.1) is 17.2 Å². The van der Waals surface area contributed by atoms with Crippen LogP contribution < -0.4 is 5.32 Å². The molecular formula is C19H25FN2O2. The van der Waals surface area contributed by atoms with E-state index in [2.05, 4.69) is 10.3 Å². The molecule has 3 N–H and O–H groups in total. The van der Waals surface area contributed by atoms with E-state index in [9.17, 15) is 14.3 Å². The Bertz CT molecular complexity index is 690. The number of aliphatic hydroxyl groups is 1. The molecule has 0 radical (unpaired) electrons. The first-order chi connectivity index (χ1) is 11.2. The molecule has 1 heterocycles. The van der Waals surface area contributed by atoms with Crippen LogP contribution in [0.2, 0.25) is 0 Å². The topological polar surface area (TPSA) is 65.1 Å². The van der Waals surface area contributed by atoms with Crippen molar-refractivity contribution < 1.29 is 14.3 Å². The molecule has 0 aliphatic rings. The minimum atomic E-state index is -0.513. The molecule has 0 fully saturated rings. The number of H-pyrrole nitrogens is 1. The first-order valence-electron chi connectivity index (χ1n) is 8.11. The van der Waals surface area contributed by atoms with Crippen LogP contribution in [0.4, 0.5) is 4.39 Å². The number of aromatic amines is 1. The normalized spacial score (nSPS) is 13.1. The van der Waals surface area contributed by atoms with Gasteiger partial charge in [0.2, 0.25) is 0 Å². The minimum Gasteiger partial charge on any atom is -0.392 e. The highest BCUT2D eigenvalue weighted by Crippen LogP contribution is 2.26. The van der Waals surface area contributed by atoms with Gasteiger partial charge < -0.3 is 15.4 Å². The van der Waals surface area contributed by atoms with Crippen LogP contribution in [0.5, 0.6) is 0 Å². The van der Waals surface area contributed by atoms with Crippen LogP contribution in [0.1, 0.15) is 38.1 Å². The van der Waals surface area contributed by atoms with Gasteiger partial charge in [0.15, 0.2) is 0 Å². The van der Waals surface area contributed by atoms with Crippen molar-refractivity contribution in [2.45, 2.75) is 33.8 Å². The lowest BCUT2D eigenvalue weighted by Gasteiger charge is -2.33. The lowest BCUT2D eigenvalue weighted by Crippen LogP contribution is -2.43. The van der Waals surface area contributed by atoms with Crippen molar-refractivity contribution in [1.82, 2.24) is 10.3 Å². The number of rotatable bonds is 6. The summed E-state index contributed by atoms with van der Waals surface area (Å²) in [5, 5.41) is 13.2. The standard InChI is InChI=1S/C19H25FN2O2/c1-12(2)17(23)19(3,4)11-22-18(24)16-10-21-9-15(16)13-5-7-14(20)8-6-13/h5-10,12,17,21,23H,11H2,1-4H3,(H,22,24). The smallest absolute Gasteiger partial charge is 0.253 e. The molecule has 0 aliphatic carbocycles. The van der Waals surface area contributed by atoms with Crippen molar-refractivity contribution >= 4 is 5.91 Å². The van der Waals surface area contributed by atoms with Gasteiger partial charge in [0.1, 0.15) is 5.82 Å². The van der Waals surface area contributed by atoms with Crippen molar-refractivity contribution in [1.29, 1.82) is 0 Å².